The smallest absolute Gasteiger partial charge is 0.469 e. The molecule has 2 unspecified atom stereocenters. The summed E-state index contributed by atoms with van der Waals surface area (Å²) in [4.78, 5) is 98.5. The van der Waals surface area contributed by atoms with E-state index in [1.165, 1.54) is 69.9 Å². The number of pyridine rings is 4. The van der Waals surface area contributed by atoms with Crippen LogP contribution in [0.1, 0.15) is 181 Å². The number of H-pyrrole nitrogens is 2. The molecule has 6 aromatic carbocycles. The van der Waals surface area contributed by atoms with Crippen LogP contribution >= 0.6 is 23.2 Å². The predicted molar refractivity (Wildman–Crippen MR) is 478 cm³/mol. The lowest BCUT2D eigenvalue weighted by Crippen LogP contribution is -2.26. The van der Waals surface area contributed by atoms with Gasteiger partial charge < -0.3 is 23.1 Å². The summed E-state index contributed by atoms with van der Waals surface area (Å²) in [6, 6.07) is 37.5. The first-order valence-electron chi connectivity index (χ1n) is 43.1. The van der Waals surface area contributed by atoms with Gasteiger partial charge in [-0.2, -0.15) is 21.6 Å². The number of rotatable bonds is 14. The SMILES string of the molecule is COC(=O)C1CC=C(OS(=O)(=O)C(F)(F)F)CC1.COC(=O)C1CC=C(c2ccnc3ccc(F)cc23)CC1.COC(=O)C1CCC(=O)CC1.COC(=O)C1CCC(c2ccnc3ccc(F)cc23)CC1.O=c1c2ccc(Cl)cc2[nH]n1CC1CCC(c2ccnc3ccc(F)cc23)CC1.O=c1c2ccc(Cl)cc2[nH]n1CC1CCC(c2ccnc3ccc(F)cc23)CC1. The van der Waals surface area contributed by atoms with Crippen molar-refractivity contribution in [2.75, 3.05) is 28.4 Å². The molecule has 6 heterocycles. The monoisotopic (exact) mass is 1830 g/mol. The van der Waals surface area contributed by atoms with Crippen molar-refractivity contribution in [1.82, 2.24) is 39.5 Å². The van der Waals surface area contributed by atoms with Crippen molar-refractivity contribution in [3.8, 4) is 0 Å². The van der Waals surface area contributed by atoms with E-state index < -0.39 is 27.5 Å². The highest BCUT2D eigenvalue weighted by atomic mass is 35.5. The fourth-order valence-corrected chi connectivity index (χ4v) is 19.2. The van der Waals surface area contributed by atoms with Crippen LogP contribution in [0.25, 0.3) is 71.0 Å². The number of fused-ring (bicyclic) bond motifs is 6. The fourth-order valence-electron chi connectivity index (χ4n) is 18.3. The number of carbonyl (C=O) groups is 5. The second-order valence-electron chi connectivity index (χ2n) is 33.4. The Morgan fingerprint density at radius 1 is 0.411 bits per heavy atom. The molecule has 4 fully saturated rings. The number of hydrogen-bond donors (Lipinski definition) is 2. The average molecular weight is 1840 g/mol. The molecule has 2 atom stereocenters. The molecule has 18 rings (SSSR count). The number of allylic oxidation sites excluding steroid dienone is 4. The van der Waals surface area contributed by atoms with E-state index in [9.17, 15) is 72.7 Å². The predicted octanol–water partition coefficient (Wildman–Crippen LogP) is 21.5. The molecule has 0 radical (unpaired) electrons. The molecule has 0 spiro atoms. The van der Waals surface area contributed by atoms with Crippen LogP contribution < -0.4 is 11.1 Å². The van der Waals surface area contributed by atoms with Gasteiger partial charge in [0.15, 0.2) is 0 Å². The van der Waals surface area contributed by atoms with Crippen molar-refractivity contribution in [2.45, 2.75) is 178 Å². The van der Waals surface area contributed by atoms with Gasteiger partial charge in [0, 0.05) is 88.7 Å². The molecular weight excluding hydrogens is 1740 g/mol. The zero-order chi connectivity index (χ0) is 91.8. The summed E-state index contributed by atoms with van der Waals surface area (Å²) >= 11 is 12.1. The number of esters is 4. The minimum absolute atomic E-state index is 0.00870. The summed E-state index contributed by atoms with van der Waals surface area (Å²) in [6.07, 6.45) is 27.0. The van der Waals surface area contributed by atoms with Crippen LogP contribution in [0.2, 0.25) is 10.0 Å². The standard InChI is InChI=1S/2C23H21ClFN3O.C17H18FNO2.C17H16FNO2.C9H11F3O5S.C8H12O3/c2*24-16-5-7-19-22(11-16)27-28(23(19)29)13-14-1-3-15(4-2-14)18-9-10-26-21-8-6-17(25)12-20(18)21;2*1-21-17(20)12-4-2-11(3-5-12)14-8-9-19-16-7-6-13(18)10-15(14)16;1-16-8(13)6-2-4-7(5-3-6)17-18(14,15)9(10,11)12;1-11-8(10)6-2-4-7(9)5-3-6/h2*5-12,14-15,27H,1-4,13H2;6-12H,2-5H2,1H3;2,6-10,12H,3-5H2,1H3;4,6H,2-3,5H2,1H3;6H,2-5H2,1H3. The molecule has 0 bridgehead atoms. The van der Waals surface area contributed by atoms with E-state index in [-0.39, 0.29) is 101 Å². The Morgan fingerprint density at radius 3 is 1.13 bits per heavy atom. The molecule has 6 aliphatic rings. The number of ketones is 1. The number of ether oxygens (including phenoxy) is 4. The number of aromatic nitrogens is 8. The van der Waals surface area contributed by atoms with Gasteiger partial charge in [-0.15, -0.1) is 0 Å². The molecule has 2 N–H and O–H groups in total. The Kier molecular flexibility index (Phi) is 31.8. The highest BCUT2D eigenvalue weighted by Crippen LogP contribution is 2.44. The van der Waals surface area contributed by atoms with E-state index >= 15 is 0 Å². The molecule has 0 amide bonds. The Labute approximate surface area is 749 Å². The normalized spacial score (nSPS) is 20.1. The summed E-state index contributed by atoms with van der Waals surface area (Å²) in [5, 5.41) is 12.5. The summed E-state index contributed by atoms with van der Waals surface area (Å²) in [5.74, 6) is -0.415. The van der Waals surface area contributed by atoms with Crippen LogP contribution in [0, 0.1) is 58.8 Å². The second kappa shape index (κ2) is 43.2. The van der Waals surface area contributed by atoms with Gasteiger partial charge in [-0.1, -0.05) is 29.3 Å². The summed E-state index contributed by atoms with van der Waals surface area (Å²) in [5.41, 5.74) is 5.08. The first kappa shape index (κ1) is 95.0. The Hall–Kier alpha value is -11.6. The van der Waals surface area contributed by atoms with Gasteiger partial charge >= 0.3 is 39.5 Å². The van der Waals surface area contributed by atoms with Gasteiger partial charge in [-0.25, -0.2) is 17.6 Å². The molecule has 22 nitrogen and oxygen atoms in total. The number of benzene rings is 6. The largest absolute Gasteiger partial charge is 0.534 e. The molecule has 12 aromatic rings. The van der Waals surface area contributed by atoms with E-state index in [1.807, 2.05) is 36.7 Å². The topological polar surface area (TPSA) is 293 Å². The Balaban J connectivity index is 0.000000135. The average Bonchev–Trinajstić information content (AvgIpc) is 1.79. The van der Waals surface area contributed by atoms with Crippen LogP contribution in [-0.4, -0.2) is 112 Å². The van der Waals surface area contributed by atoms with Crippen molar-refractivity contribution in [1.29, 1.82) is 0 Å². The van der Waals surface area contributed by atoms with Crippen LogP contribution in [0.5, 0.6) is 0 Å². The van der Waals surface area contributed by atoms with E-state index in [0.29, 0.717) is 95.6 Å². The number of Topliss-reactive ketones (excluding diaryl/α,β-unsaturated/α-hetero) is 1. The number of aromatic amines is 2. The third kappa shape index (κ3) is 23.9. The van der Waals surface area contributed by atoms with Crippen LogP contribution in [0.3, 0.4) is 0 Å². The number of carbonyl (C=O) groups excluding carboxylic acids is 5. The van der Waals surface area contributed by atoms with Crippen molar-refractivity contribution in [3.05, 3.63) is 252 Å². The first-order valence-corrected chi connectivity index (χ1v) is 45.3. The lowest BCUT2D eigenvalue weighted by atomic mass is 9.78. The van der Waals surface area contributed by atoms with Gasteiger partial charge in [0.2, 0.25) is 0 Å². The quantitative estimate of drug-likeness (QED) is 0.0336. The van der Waals surface area contributed by atoms with E-state index in [1.54, 1.807) is 101 Å². The minimum atomic E-state index is -5.63. The number of alkyl halides is 3. The maximum Gasteiger partial charge on any atom is 0.534 e. The third-order valence-electron chi connectivity index (χ3n) is 25.3. The molecule has 32 heteroatoms. The second-order valence-corrected chi connectivity index (χ2v) is 35.8. The number of nitrogens with one attached hydrogen (secondary N) is 2. The van der Waals surface area contributed by atoms with Crippen molar-refractivity contribution in [2.24, 2.45) is 35.5 Å². The fraction of sp³-hybridized carbons (Fsp3) is 0.392. The molecule has 680 valence electrons. The van der Waals surface area contributed by atoms with Crippen LogP contribution in [0.15, 0.2) is 186 Å². The first-order chi connectivity index (χ1) is 61.9. The van der Waals surface area contributed by atoms with Crippen LogP contribution in [-0.2, 0) is 70.3 Å². The number of halogens is 9. The molecule has 0 saturated heterocycles. The minimum Gasteiger partial charge on any atom is -0.469 e. The van der Waals surface area contributed by atoms with E-state index in [4.69, 9.17) is 32.7 Å². The van der Waals surface area contributed by atoms with Gasteiger partial charge in [0.1, 0.15) is 34.8 Å². The number of hydrogen-bond acceptors (Lipinski definition) is 18. The molecule has 4 saturated carbocycles. The van der Waals surface area contributed by atoms with Crippen LogP contribution in [0.4, 0.5) is 30.7 Å². The zero-order valence-electron chi connectivity index (χ0n) is 71.5. The lowest BCUT2D eigenvalue weighted by Gasteiger charge is -2.29. The summed E-state index contributed by atoms with van der Waals surface area (Å²) in [7, 11) is -0.181. The third-order valence-corrected chi connectivity index (χ3v) is 26.7. The molecule has 6 aliphatic carbocycles. The van der Waals surface area contributed by atoms with Gasteiger partial charge in [0.25, 0.3) is 11.1 Å². The highest BCUT2D eigenvalue weighted by Gasteiger charge is 2.49. The summed E-state index contributed by atoms with van der Waals surface area (Å²) < 4.78 is 138. The van der Waals surface area contributed by atoms with Gasteiger partial charge in [-0.3, -0.25) is 73.1 Å². The lowest BCUT2D eigenvalue weighted by molar-refractivity contribution is -0.147. The Morgan fingerprint density at radius 2 is 0.760 bits per heavy atom. The van der Waals surface area contributed by atoms with Gasteiger partial charge in [0.05, 0.1) is 96.0 Å². The molecule has 129 heavy (non-hydrogen) atoms. The van der Waals surface area contributed by atoms with Crippen molar-refractivity contribution < 1.29 is 86.3 Å². The number of methoxy groups -OCH3 is 4. The summed E-state index contributed by atoms with van der Waals surface area (Å²) in [6.45, 7) is 1.37. The maximum absolute atomic E-state index is 13.8. The Bertz CT molecular complexity index is 6190. The zero-order valence-corrected chi connectivity index (χ0v) is 73.9. The van der Waals surface area contributed by atoms with E-state index in [2.05, 4.69) is 49.9 Å². The maximum atomic E-state index is 13.8. The van der Waals surface area contributed by atoms with E-state index in [0.717, 1.165) is 167 Å². The molecule has 6 aromatic heterocycles. The van der Waals surface area contributed by atoms with Crippen molar-refractivity contribution >= 4 is 134 Å². The molecule has 0 aliphatic heterocycles. The molecular formula is C97H99Cl2F7N8O14S. The highest BCUT2D eigenvalue weighted by molar-refractivity contribution is 7.87. The van der Waals surface area contributed by atoms with Gasteiger partial charge in [-0.05, 0) is 319 Å². The number of nitrogens with zero attached hydrogens (tertiary/aromatic N) is 6. The van der Waals surface area contributed by atoms with Crippen molar-refractivity contribution in [3.63, 3.8) is 0 Å².